The van der Waals surface area contributed by atoms with Crippen LogP contribution in [0.1, 0.15) is 45.0 Å². The Morgan fingerprint density at radius 2 is 1.82 bits per heavy atom. The van der Waals surface area contributed by atoms with Gasteiger partial charge in [0.15, 0.2) is 5.56 Å². The fourth-order valence-corrected chi connectivity index (χ4v) is 2.11. The van der Waals surface area contributed by atoms with Crippen LogP contribution in [0.3, 0.4) is 0 Å². The fourth-order valence-electron chi connectivity index (χ4n) is 2.11. The number of rotatable bonds is 2. The molecule has 0 aromatic heterocycles. The second kappa shape index (κ2) is 3.13. The van der Waals surface area contributed by atoms with Crippen molar-refractivity contribution in [3.8, 4) is 0 Å². The molecule has 0 saturated heterocycles. The summed E-state index contributed by atoms with van der Waals surface area (Å²) in [4.78, 5) is 33.1. The number of cyclic esters (lactones) is 2. The Balaban J connectivity index is 2.29. The second-order valence-corrected chi connectivity index (χ2v) is 4.13. The number of esters is 2. The van der Waals surface area contributed by atoms with Gasteiger partial charge in [0.25, 0.3) is 5.69 Å². The van der Waals surface area contributed by atoms with Gasteiger partial charge < -0.3 is 4.74 Å². The maximum Gasteiger partial charge on any atom is 0.353 e. The number of carbonyl (C=O) groups is 2. The van der Waals surface area contributed by atoms with E-state index in [0.717, 1.165) is 12.8 Å². The molecule has 1 heterocycles. The van der Waals surface area contributed by atoms with Crippen molar-refractivity contribution in [1.82, 2.24) is 0 Å². The highest BCUT2D eigenvalue weighted by Crippen LogP contribution is 2.45. The summed E-state index contributed by atoms with van der Waals surface area (Å²) in [5.74, 6) is -1.46. The molecule has 0 amide bonds. The summed E-state index contributed by atoms with van der Waals surface area (Å²) in [6.07, 6.45) is 1.87. The minimum atomic E-state index is -0.917. The Bertz CT molecular complexity index is 573. The van der Waals surface area contributed by atoms with Gasteiger partial charge in [-0.15, -0.1) is 0 Å². The third kappa shape index (κ3) is 1.33. The minimum absolute atomic E-state index is 0.0895. The highest BCUT2D eigenvalue weighted by molar-refractivity contribution is 6.17. The Kier molecular flexibility index (Phi) is 1.83. The number of carbonyl (C=O) groups excluding carboxylic acids is 2. The quantitative estimate of drug-likeness (QED) is 0.336. The lowest BCUT2D eigenvalue weighted by molar-refractivity contribution is -0.385. The molecule has 1 aliphatic heterocycles. The molecule has 86 valence electrons. The maximum atomic E-state index is 11.5. The van der Waals surface area contributed by atoms with Crippen LogP contribution >= 0.6 is 0 Å². The van der Waals surface area contributed by atoms with E-state index in [1.807, 2.05) is 0 Å². The van der Waals surface area contributed by atoms with Gasteiger partial charge in [0.05, 0.1) is 10.5 Å². The largest absolute Gasteiger partial charge is 0.385 e. The van der Waals surface area contributed by atoms with Crippen LogP contribution < -0.4 is 0 Å². The summed E-state index contributed by atoms with van der Waals surface area (Å²) in [5, 5.41) is 10.8. The highest BCUT2D eigenvalue weighted by atomic mass is 16.6. The van der Waals surface area contributed by atoms with Crippen LogP contribution in [0, 0.1) is 10.1 Å². The van der Waals surface area contributed by atoms with Gasteiger partial charge in [0.1, 0.15) is 0 Å². The molecule has 6 heteroatoms. The standard InChI is InChI=1S/C11H7NO5/c13-10-8-6(5-1-2-5)3-4-7(12(15)16)9(8)11(14)17-10/h3-5H,1-2H2. The van der Waals surface area contributed by atoms with E-state index < -0.39 is 16.9 Å². The van der Waals surface area contributed by atoms with Gasteiger partial charge in [-0.2, -0.15) is 0 Å². The molecule has 1 saturated carbocycles. The van der Waals surface area contributed by atoms with Crippen molar-refractivity contribution in [2.45, 2.75) is 18.8 Å². The molecule has 2 aliphatic rings. The summed E-state index contributed by atoms with van der Waals surface area (Å²) in [6.45, 7) is 0. The first kappa shape index (κ1) is 9.95. The smallest absolute Gasteiger partial charge is 0.353 e. The topological polar surface area (TPSA) is 86.5 Å². The first-order chi connectivity index (χ1) is 8.09. The molecule has 3 rings (SSSR count). The van der Waals surface area contributed by atoms with E-state index in [1.165, 1.54) is 6.07 Å². The van der Waals surface area contributed by atoms with Crippen molar-refractivity contribution in [1.29, 1.82) is 0 Å². The number of hydrogen-bond acceptors (Lipinski definition) is 5. The van der Waals surface area contributed by atoms with Gasteiger partial charge in [0.2, 0.25) is 0 Å². The second-order valence-electron chi connectivity index (χ2n) is 4.13. The zero-order valence-electron chi connectivity index (χ0n) is 8.63. The molecule has 17 heavy (non-hydrogen) atoms. The number of nitro benzene ring substituents is 1. The molecule has 0 unspecified atom stereocenters. The predicted molar refractivity (Wildman–Crippen MR) is 54.8 cm³/mol. The molecule has 1 aliphatic carbocycles. The van der Waals surface area contributed by atoms with Crippen molar-refractivity contribution in [3.05, 3.63) is 38.9 Å². The van der Waals surface area contributed by atoms with E-state index in [-0.39, 0.29) is 22.7 Å². The van der Waals surface area contributed by atoms with Crippen molar-refractivity contribution in [3.63, 3.8) is 0 Å². The van der Waals surface area contributed by atoms with Crippen molar-refractivity contribution in [2.75, 3.05) is 0 Å². The van der Waals surface area contributed by atoms with Crippen LogP contribution in [0.15, 0.2) is 12.1 Å². The van der Waals surface area contributed by atoms with E-state index in [9.17, 15) is 19.7 Å². The average molecular weight is 233 g/mol. The van der Waals surface area contributed by atoms with E-state index in [0.29, 0.717) is 5.56 Å². The van der Waals surface area contributed by atoms with Crippen molar-refractivity contribution < 1.29 is 19.2 Å². The Morgan fingerprint density at radius 3 is 2.41 bits per heavy atom. The molecule has 1 fully saturated rings. The van der Waals surface area contributed by atoms with Gasteiger partial charge in [-0.1, -0.05) is 6.07 Å². The molecule has 1 aromatic carbocycles. The van der Waals surface area contributed by atoms with Gasteiger partial charge in [-0.25, -0.2) is 9.59 Å². The zero-order valence-corrected chi connectivity index (χ0v) is 8.63. The molecule has 0 radical (unpaired) electrons. The SMILES string of the molecule is O=C1OC(=O)c2c([N+](=O)[O-])ccc(C3CC3)c21. The van der Waals surface area contributed by atoms with E-state index in [2.05, 4.69) is 4.74 Å². The molecular weight excluding hydrogens is 226 g/mol. The number of ether oxygens (including phenoxy) is 1. The Labute approximate surface area is 95.3 Å². The van der Waals surface area contributed by atoms with E-state index in [1.54, 1.807) is 6.07 Å². The number of fused-ring (bicyclic) bond motifs is 1. The van der Waals surface area contributed by atoms with E-state index >= 15 is 0 Å². The molecule has 0 spiro atoms. The average Bonchev–Trinajstić information content (AvgIpc) is 3.06. The summed E-state index contributed by atoms with van der Waals surface area (Å²) in [6, 6.07) is 2.82. The lowest BCUT2D eigenvalue weighted by Crippen LogP contribution is -2.02. The monoisotopic (exact) mass is 233 g/mol. The number of nitrogens with zero attached hydrogens (tertiary/aromatic N) is 1. The van der Waals surface area contributed by atoms with Crippen LogP contribution in [0.5, 0.6) is 0 Å². The molecule has 0 N–H and O–H groups in total. The summed E-state index contributed by atoms with van der Waals surface area (Å²) < 4.78 is 4.46. The first-order valence-corrected chi connectivity index (χ1v) is 5.17. The minimum Gasteiger partial charge on any atom is -0.385 e. The maximum absolute atomic E-state index is 11.5. The van der Waals surface area contributed by atoms with Crippen LogP contribution in [0.4, 0.5) is 5.69 Å². The lowest BCUT2D eigenvalue weighted by Gasteiger charge is -2.02. The third-order valence-electron chi connectivity index (χ3n) is 3.02. The van der Waals surface area contributed by atoms with Crippen LogP contribution in [-0.2, 0) is 4.74 Å². The number of hydrogen-bond donors (Lipinski definition) is 0. The summed E-state index contributed by atoms with van der Waals surface area (Å²) in [5.41, 5.74) is 0.234. The Morgan fingerprint density at radius 1 is 1.18 bits per heavy atom. The molecule has 1 aromatic rings. The lowest BCUT2D eigenvalue weighted by atomic mass is 9.98. The van der Waals surface area contributed by atoms with Gasteiger partial charge >= 0.3 is 11.9 Å². The fraction of sp³-hybridized carbons (Fsp3) is 0.273. The van der Waals surface area contributed by atoms with Gasteiger partial charge in [0, 0.05) is 6.07 Å². The summed E-state index contributed by atoms with van der Waals surface area (Å²) in [7, 11) is 0. The van der Waals surface area contributed by atoms with E-state index in [4.69, 9.17) is 0 Å². The van der Waals surface area contributed by atoms with Gasteiger partial charge in [-0.3, -0.25) is 10.1 Å². The predicted octanol–water partition coefficient (Wildman–Crippen LogP) is 1.78. The number of benzene rings is 1. The molecule has 0 atom stereocenters. The van der Waals surface area contributed by atoms with Crippen LogP contribution in [0.2, 0.25) is 0 Å². The van der Waals surface area contributed by atoms with Crippen molar-refractivity contribution in [2.24, 2.45) is 0 Å². The van der Waals surface area contributed by atoms with Gasteiger partial charge in [-0.05, 0) is 24.3 Å². The zero-order chi connectivity index (χ0) is 12.2. The Hall–Kier alpha value is -2.24. The van der Waals surface area contributed by atoms with Crippen molar-refractivity contribution >= 4 is 17.6 Å². The normalized spacial score (nSPS) is 17.9. The summed E-state index contributed by atoms with van der Waals surface area (Å²) >= 11 is 0. The molecule has 0 bridgehead atoms. The van der Waals surface area contributed by atoms with Crippen LogP contribution in [-0.4, -0.2) is 16.9 Å². The molecular formula is C11H7NO5. The number of nitro groups is 1. The van der Waals surface area contributed by atoms with Crippen LogP contribution in [0.25, 0.3) is 0 Å². The first-order valence-electron chi connectivity index (χ1n) is 5.17. The molecule has 6 nitrogen and oxygen atoms in total. The highest BCUT2D eigenvalue weighted by Gasteiger charge is 2.42. The third-order valence-corrected chi connectivity index (χ3v) is 3.02.